The third-order valence-corrected chi connectivity index (χ3v) is 7.89. The van der Waals surface area contributed by atoms with Crippen molar-refractivity contribution in [3.63, 3.8) is 0 Å². The highest BCUT2D eigenvalue weighted by Crippen LogP contribution is 2.50. The van der Waals surface area contributed by atoms with Gasteiger partial charge in [0, 0.05) is 35.8 Å². The number of hydrogen-bond acceptors (Lipinski definition) is 5. The summed E-state index contributed by atoms with van der Waals surface area (Å²) >= 11 is 1.78. The molecule has 1 saturated carbocycles. The summed E-state index contributed by atoms with van der Waals surface area (Å²) in [5.74, 6) is 1.01. The van der Waals surface area contributed by atoms with Crippen LogP contribution in [-0.4, -0.2) is 35.7 Å². The Hall–Kier alpha value is -3.01. The molecule has 1 fully saturated rings. The van der Waals surface area contributed by atoms with Gasteiger partial charge in [0.05, 0.1) is 22.6 Å². The number of pyridine rings is 1. The number of allylic oxidation sites excluding steroid dienone is 1. The number of halogens is 3. The van der Waals surface area contributed by atoms with Crippen LogP contribution in [0.2, 0.25) is 0 Å². The van der Waals surface area contributed by atoms with Gasteiger partial charge in [0.1, 0.15) is 0 Å². The molecule has 10 heteroatoms. The fourth-order valence-corrected chi connectivity index (χ4v) is 5.84. The number of thioether (sulfide) groups is 1. The number of aromatic nitrogens is 1. The largest absolute Gasteiger partial charge is 0.419 e. The molecule has 1 aromatic carbocycles. The van der Waals surface area contributed by atoms with Crippen LogP contribution in [0.25, 0.3) is 0 Å². The van der Waals surface area contributed by atoms with Crippen LogP contribution in [-0.2, 0) is 12.0 Å². The lowest BCUT2D eigenvalue weighted by atomic mass is 9.84. The molecule has 6 nitrogen and oxygen atoms in total. The fraction of sp³-hybridized carbons (Fsp3) is 0.423. The van der Waals surface area contributed by atoms with Crippen LogP contribution in [0.1, 0.15) is 55.7 Å². The Kier molecular flexibility index (Phi) is 6.72. The molecule has 36 heavy (non-hydrogen) atoms. The Labute approximate surface area is 212 Å². The molecule has 2 N–H and O–H groups in total. The summed E-state index contributed by atoms with van der Waals surface area (Å²) in [5.41, 5.74) is 2.12. The number of anilines is 1. The third-order valence-electron chi connectivity index (χ3n) is 7.00. The first-order chi connectivity index (χ1) is 17.3. The molecule has 2 aromatic rings. The van der Waals surface area contributed by atoms with Gasteiger partial charge in [-0.05, 0) is 48.4 Å². The molecule has 2 aliphatic heterocycles. The highest BCUT2D eigenvalue weighted by Gasteiger charge is 2.48. The number of urea groups is 1. The summed E-state index contributed by atoms with van der Waals surface area (Å²) in [7, 11) is 0. The van der Waals surface area contributed by atoms with Crippen molar-refractivity contribution in [2.24, 2.45) is 4.99 Å². The number of nitrogens with zero attached hydrogens (tertiary/aromatic N) is 3. The zero-order valence-corrected chi connectivity index (χ0v) is 20.8. The first-order valence-electron chi connectivity index (χ1n) is 12.1. The number of amides is 2. The van der Waals surface area contributed by atoms with E-state index >= 15 is 0 Å². The maximum Gasteiger partial charge on any atom is 0.419 e. The highest BCUT2D eigenvalue weighted by atomic mass is 32.2. The zero-order chi connectivity index (χ0) is 25.3. The van der Waals surface area contributed by atoms with Crippen molar-refractivity contribution in [2.45, 2.75) is 61.8 Å². The molecule has 5 rings (SSSR count). The van der Waals surface area contributed by atoms with Crippen LogP contribution in [0.15, 0.2) is 58.1 Å². The van der Waals surface area contributed by atoms with Gasteiger partial charge in [0.15, 0.2) is 6.17 Å². The summed E-state index contributed by atoms with van der Waals surface area (Å²) in [6.07, 6.45) is 0.592. The van der Waals surface area contributed by atoms with E-state index in [-0.39, 0.29) is 11.4 Å². The molecule has 1 spiro atoms. The number of hydrogen-bond donors (Lipinski definition) is 2. The molecule has 1 aromatic heterocycles. The van der Waals surface area contributed by atoms with Crippen LogP contribution in [0.5, 0.6) is 0 Å². The molecule has 0 saturated heterocycles. The highest BCUT2D eigenvalue weighted by molar-refractivity contribution is 7.99. The van der Waals surface area contributed by atoms with Crippen LogP contribution < -0.4 is 15.5 Å². The number of fused-ring (bicyclic) bond motifs is 2. The van der Waals surface area contributed by atoms with Crippen molar-refractivity contribution >= 4 is 29.7 Å². The minimum atomic E-state index is -4.45. The number of benzene rings is 1. The lowest BCUT2D eigenvalue weighted by Gasteiger charge is -2.24. The topological polar surface area (TPSA) is 69.6 Å². The normalized spacial score (nSPS) is 20.3. The Morgan fingerprint density at radius 1 is 1.19 bits per heavy atom. The standard InChI is InChI=1S/C26H28F3N5OS/c1-2-36-19-7-5-17(6-8-19)13-32-24(35)34-16-25(11-3-4-12-25)22-21(34)10-9-20(33-22)23-30-14-18(15-31-23)26(27,28)29/h5-10,14-15,23,30H,2-4,11-13,16H2,1H3,(H,32,35). The van der Waals surface area contributed by atoms with Gasteiger partial charge in [0.2, 0.25) is 0 Å². The first kappa shape index (κ1) is 24.7. The van der Waals surface area contributed by atoms with E-state index in [1.165, 1.54) is 4.90 Å². The number of aliphatic imine (C=N–C) groups is 1. The maximum atomic E-state index is 13.2. The summed E-state index contributed by atoms with van der Waals surface area (Å²) in [6.45, 7) is 3.09. The van der Waals surface area contributed by atoms with E-state index in [9.17, 15) is 18.0 Å². The van der Waals surface area contributed by atoms with E-state index < -0.39 is 17.9 Å². The summed E-state index contributed by atoms with van der Waals surface area (Å²) < 4.78 is 38.8. The van der Waals surface area contributed by atoms with Crippen molar-refractivity contribution in [1.82, 2.24) is 15.6 Å². The van der Waals surface area contributed by atoms with Gasteiger partial charge in [-0.1, -0.05) is 31.9 Å². The number of carbonyl (C=O) groups is 1. The molecule has 190 valence electrons. The number of rotatable bonds is 5. The van der Waals surface area contributed by atoms with E-state index in [0.29, 0.717) is 18.8 Å². The lowest BCUT2D eigenvalue weighted by Crippen LogP contribution is -2.41. The van der Waals surface area contributed by atoms with Gasteiger partial charge in [0.25, 0.3) is 0 Å². The summed E-state index contributed by atoms with van der Waals surface area (Å²) in [4.78, 5) is 25.1. The van der Waals surface area contributed by atoms with E-state index in [4.69, 9.17) is 4.98 Å². The molecule has 2 amide bonds. The van der Waals surface area contributed by atoms with Crippen molar-refractivity contribution in [1.29, 1.82) is 0 Å². The van der Waals surface area contributed by atoms with Gasteiger partial charge in [-0.25, -0.2) is 4.79 Å². The van der Waals surface area contributed by atoms with Crippen LogP contribution >= 0.6 is 11.8 Å². The van der Waals surface area contributed by atoms with Crippen molar-refractivity contribution in [2.75, 3.05) is 17.2 Å². The van der Waals surface area contributed by atoms with Gasteiger partial charge in [-0.15, -0.1) is 11.8 Å². The average molecular weight is 516 g/mol. The molecule has 0 bridgehead atoms. The van der Waals surface area contributed by atoms with Crippen molar-refractivity contribution in [3.8, 4) is 0 Å². The molecule has 0 radical (unpaired) electrons. The predicted octanol–water partition coefficient (Wildman–Crippen LogP) is 5.85. The monoisotopic (exact) mass is 515 g/mol. The van der Waals surface area contributed by atoms with Gasteiger partial charge < -0.3 is 10.6 Å². The average Bonchev–Trinajstić information content (AvgIpc) is 3.48. The second kappa shape index (κ2) is 9.80. The van der Waals surface area contributed by atoms with Gasteiger partial charge >= 0.3 is 12.2 Å². The Bertz CT molecular complexity index is 1190. The van der Waals surface area contributed by atoms with E-state index in [1.807, 2.05) is 18.2 Å². The van der Waals surface area contributed by atoms with Gasteiger partial charge in [-0.2, -0.15) is 13.2 Å². The molecule has 1 unspecified atom stereocenters. The Balaban J connectivity index is 1.33. The minimum Gasteiger partial charge on any atom is -0.364 e. The number of nitrogens with one attached hydrogen (secondary N) is 2. The maximum absolute atomic E-state index is 13.2. The Morgan fingerprint density at radius 2 is 1.94 bits per heavy atom. The summed E-state index contributed by atoms with van der Waals surface area (Å²) in [5, 5.41) is 5.75. The molecular weight excluding hydrogens is 487 g/mol. The van der Waals surface area contributed by atoms with E-state index in [0.717, 1.165) is 60.8 Å². The molecule has 3 heterocycles. The third kappa shape index (κ3) is 4.83. The zero-order valence-electron chi connectivity index (χ0n) is 19.9. The predicted molar refractivity (Wildman–Crippen MR) is 135 cm³/mol. The second-order valence-corrected chi connectivity index (χ2v) is 10.7. The Morgan fingerprint density at radius 3 is 2.58 bits per heavy atom. The number of carbonyl (C=O) groups excluding carboxylic acids is 1. The van der Waals surface area contributed by atoms with Crippen molar-refractivity contribution < 1.29 is 18.0 Å². The smallest absolute Gasteiger partial charge is 0.364 e. The SMILES string of the molecule is CCSc1ccc(CNC(=O)N2CC3(CCCC3)c3nc(C4N=CC(C(F)(F)F)=CN4)ccc32)cc1. The molecule has 1 aliphatic carbocycles. The van der Waals surface area contributed by atoms with Crippen LogP contribution in [0.3, 0.4) is 0 Å². The quantitative estimate of drug-likeness (QED) is 0.490. The lowest BCUT2D eigenvalue weighted by molar-refractivity contribution is -0.0862. The second-order valence-electron chi connectivity index (χ2n) is 9.36. The minimum absolute atomic E-state index is 0.173. The first-order valence-corrected chi connectivity index (χ1v) is 13.1. The summed E-state index contributed by atoms with van der Waals surface area (Å²) in [6, 6.07) is 11.6. The van der Waals surface area contributed by atoms with Crippen LogP contribution in [0, 0.1) is 0 Å². The molecular formula is C26H28F3N5OS. The fourth-order valence-electron chi connectivity index (χ4n) is 5.18. The van der Waals surface area contributed by atoms with E-state index in [1.54, 1.807) is 22.7 Å². The van der Waals surface area contributed by atoms with Crippen LogP contribution in [0.4, 0.5) is 23.7 Å². The van der Waals surface area contributed by atoms with Crippen molar-refractivity contribution in [3.05, 3.63) is 65.1 Å². The number of alkyl halides is 3. The molecule has 1 atom stereocenters. The van der Waals surface area contributed by atoms with E-state index in [2.05, 4.69) is 34.7 Å². The molecule has 3 aliphatic rings. The van der Waals surface area contributed by atoms with Gasteiger partial charge in [-0.3, -0.25) is 14.9 Å².